The Morgan fingerprint density at radius 2 is 2.04 bits per heavy atom. The van der Waals surface area contributed by atoms with Gasteiger partial charge in [-0.1, -0.05) is 18.2 Å². The Labute approximate surface area is 180 Å². The minimum Gasteiger partial charge on any atom is -0.382 e. The van der Waals surface area contributed by atoms with Crippen LogP contribution in [0.25, 0.3) is 0 Å². The maximum atomic E-state index is 14.3. The average molecular weight is 514 g/mol. The van der Waals surface area contributed by atoms with Crippen LogP contribution in [0.5, 0.6) is 0 Å². The summed E-state index contributed by atoms with van der Waals surface area (Å²) in [6, 6.07) is 1.96. The molecule has 1 heterocycles. The SMILES string of the molecule is CC(=O)N/C1=C(\F)C/C=C2/CC=C(C(=O)/C(C#N)=C/N(C)C)N(SI)/C2=C/C1. The normalized spacial score (nSPS) is 23.6. The van der Waals surface area contributed by atoms with E-state index in [1.54, 1.807) is 41.5 Å². The average Bonchev–Trinajstić information content (AvgIpc) is 2.64. The third-order valence-corrected chi connectivity index (χ3v) is 5.73. The first-order chi connectivity index (χ1) is 13.3. The molecule has 0 saturated carbocycles. The van der Waals surface area contributed by atoms with Gasteiger partial charge in [0.15, 0.2) is 0 Å². The highest BCUT2D eigenvalue weighted by molar-refractivity contribution is 14.2. The molecule has 0 bridgehead atoms. The van der Waals surface area contributed by atoms with Gasteiger partial charge in [-0.15, -0.1) is 0 Å². The molecular formula is C19H20FIN4O2S. The van der Waals surface area contributed by atoms with Gasteiger partial charge < -0.3 is 10.2 Å². The van der Waals surface area contributed by atoms with Gasteiger partial charge in [-0.2, -0.15) is 5.26 Å². The summed E-state index contributed by atoms with van der Waals surface area (Å²) in [5.74, 6) is -1.08. The standard InChI is InChI=1S/C19H20FIN4O2S/c1-12(26)23-16-7-9-17-13(4-6-15(16)20)5-8-18(25(17)28-21)19(27)14(10-22)11-24(2)3/h4,8-9,11H,5-7H2,1-3H3,(H,23,26)/b13-4-,14-11+,16-15-,17-9+. The number of fused-ring (bicyclic) bond motifs is 1. The number of rotatable bonds is 5. The van der Waals surface area contributed by atoms with Crippen LogP contribution in [0.4, 0.5) is 4.39 Å². The number of ketones is 1. The molecule has 0 aromatic heterocycles. The van der Waals surface area contributed by atoms with E-state index in [0.29, 0.717) is 12.1 Å². The predicted molar refractivity (Wildman–Crippen MR) is 116 cm³/mol. The minimum absolute atomic E-state index is 0.0375. The lowest BCUT2D eigenvalue weighted by molar-refractivity contribution is -0.118. The van der Waals surface area contributed by atoms with E-state index >= 15 is 0 Å². The van der Waals surface area contributed by atoms with E-state index in [4.69, 9.17) is 0 Å². The zero-order chi connectivity index (χ0) is 20.8. The summed E-state index contributed by atoms with van der Waals surface area (Å²) < 4.78 is 16.1. The lowest BCUT2D eigenvalue weighted by Crippen LogP contribution is -2.27. The largest absolute Gasteiger partial charge is 0.382 e. The van der Waals surface area contributed by atoms with Gasteiger partial charge in [0, 0.05) is 70.4 Å². The van der Waals surface area contributed by atoms with Gasteiger partial charge in [-0.05, 0) is 12.0 Å². The van der Waals surface area contributed by atoms with E-state index < -0.39 is 0 Å². The van der Waals surface area contributed by atoms with Crippen LogP contribution in [0.15, 0.2) is 58.5 Å². The Morgan fingerprint density at radius 3 is 2.61 bits per heavy atom. The van der Waals surface area contributed by atoms with Crippen molar-refractivity contribution >= 4 is 42.0 Å². The van der Waals surface area contributed by atoms with E-state index in [0.717, 1.165) is 11.3 Å². The molecule has 0 radical (unpaired) electrons. The lowest BCUT2D eigenvalue weighted by atomic mass is 9.96. The molecule has 0 aromatic rings. The molecule has 1 aliphatic carbocycles. The van der Waals surface area contributed by atoms with Crippen molar-refractivity contribution in [1.29, 1.82) is 5.26 Å². The number of nitrogens with zero attached hydrogens (tertiary/aromatic N) is 3. The third-order valence-electron chi connectivity index (χ3n) is 4.02. The van der Waals surface area contributed by atoms with Crippen LogP contribution in [0.2, 0.25) is 0 Å². The van der Waals surface area contributed by atoms with E-state index in [9.17, 15) is 19.2 Å². The van der Waals surface area contributed by atoms with Gasteiger partial charge in [-0.25, -0.2) is 4.39 Å². The van der Waals surface area contributed by atoms with Crippen LogP contribution in [0, 0.1) is 11.3 Å². The van der Waals surface area contributed by atoms with Crippen molar-refractivity contribution in [2.24, 2.45) is 0 Å². The molecule has 0 atom stereocenters. The number of Topliss-reactive ketones (excluding diaryl/α,β-unsaturated/α-hetero) is 1. The quantitative estimate of drug-likeness (QED) is 0.259. The first-order valence-corrected chi connectivity index (χ1v) is 11.8. The molecule has 9 heteroatoms. The monoisotopic (exact) mass is 514 g/mol. The molecule has 0 aromatic carbocycles. The first kappa shape index (κ1) is 22.2. The van der Waals surface area contributed by atoms with Crippen molar-refractivity contribution < 1.29 is 14.0 Å². The first-order valence-electron chi connectivity index (χ1n) is 8.45. The third kappa shape index (κ3) is 5.26. The second kappa shape index (κ2) is 9.93. The van der Waals surface area contributed by atoms with Crippen LogP contribution in [-0.2, 0) is 9.59 Å². The summed E-state index contributed by atoms with van der Waals surface area (Å²) in [7, 11) is 4.79. The fourth-order valence-corrected chi connectivity index (χ4v) is 4.60. The number of allylic oxidation sites excluding steroid dienone is 6. The smallest absolute Gasteiger partial charge is 0.221 e. The molecule has 2 aliphatic rings. The molecule has 0 fully saturated rings. The van der Waals surface area contributed by atoms with Gasteiger partial charge in [0.1, 0.15) is 17.5 Å². The summed E-state index contributed by atoms with van der Waals surface area (Å²) in [6.07, 6.45) is 7.54. The van der Waals surface area contributed by atoms with E-state index in [-0.39, 0.29) is 41.6 Å². The second-order valence-electron chi connectivity index (χ2n) is 6.40. The predicted octanol–water partition coefficient (Wildman–Crippen LogP) is 4.03. The molecule has 0 saturated heterocycles. The Kier molecular flexibility index (Phi) is 7.88. The lowest BCUT2D eigenvalue weighted by Gasteiger charge is -2.31. The van der Waals surface area contributed by atoms with Crippen molar-refractivity contribution in [3.63, 3.8) is 0 Å². The minimum atomic E-state index is -0.377. The number of hydrogen-bond donors (Lipinski definition) is 1. The van der Waals surface area contributed by atoms with Crippen LogP contribution in [-0.4, -0.2) is 35.0 Å². The molecule has 1 aliphatic heterocycles. The molecule has 2 rings (SSSR count). The molecule has 6 nitrogen and oxygen atoms in total. The van der Waals surface area contributed by atoms with Crippen LogP contribution >= 0.6 is 30.3 Å². The highest BCUT2D eigenvalue weighted by atomic mass is 127. The zero-order valence-electron chi connectivity index (χ0n) is 15.8. The summed E-state index contributed by atoms with van der Waals surface area (Å²) in [5.41, 5.74) is 2.32. The van der Waals surface area contributed by atoms with Crippen LogP contribution in [0.1, 0.15) is 26.2 Å². The number of carbonyl (C=O) groups excluding carboxylic acids is 2. The summed E-state index contributed by atoms with van der Waals surface area (Å²) in [5, 5.41) is 11.9. The molecule has 0 unspecified atom stereocenters. The number of nitrogens with one attached hydrogen (secondary N) is 1. The molecule has 1 N–H and O–H groups in total. The maximum Gasteiger partial charge on any atom is 0.221 e. The maximum absolute atomic E-state index is 14.3. The van der Waals surface area contributed by atoms with Gasteiger partial charge in [-0.3, -0.25) is 13.9 Å². The summed E-state index contributed by atoms with van der Waals surface area (Å²) in [6.45, 7) is 1.33. The molecule has 1 amide bonds. The summed E-state index contributed by atoms with van der Waals surface area (Å²) >= 11 is 2.07. The van der Waals surface area contributed by atoms with Gasteiger partial charge in [0.05, 0.1) is 17.1 Å². The van der Waals surface area contributed by atoms with Gasteiger partial charge in [0.25, 0.3) is 0 Å². The van der Waals surface area contributed by atoms with Crippen molar-refractivity contribution in [1.82, 2.24) is 14.5 Å². The fraction of sp³-hybridized carbons (Fsp3) is 0.316. The zero-order valence-corrected chi connectivity index (χ0v) is 18.7. The van der Waals surface area contributed by atoms with Crippen molar-refractivity contribution in [2.75, 3.05) is 14.1 Å². The number of nitriles is 1. The highest BCUT2D eigenvalue weighted by Gasteiger charge is 2.30. The van der Waals surface area contributed by atoms with E-state index in [1.165, 1.54) is 22.2 Å². The molecule has 148 valence electrons. The fourth-order valence-electron chi connectivity index (χ4n) is 2.83. The number of halogens is 2. The van der Waals surface area contributed by atoms with Crippen LogP contribution in [0.3, 0.4) is 0 Å². The van der Waals surface area contributed by atoms with Crippen molar-refractivity contribution in [3.05, 3.63) is 58.5 Å². The Morgan fingerprint density at radius 1 is 1.32 bits per heavy atom. The van der Waals surface area contributed by atoms with Gasteiger partial charge in [0.2, 0.25) is 11.7 Å². The highest BCUT2D eigenvalue weighted by Crippen LogP contribution is 2.40. The van der Waals surface area contributed by atoms with E-state index in [2.05, 4.69) is 26.5 Å². The van der Waals surface area contributed by atoms with E-state index in [1.807, 2.05) is 6.07 Å². The Bertz CT molecular complexity index is 881. The Hall–Kier alpha value is -2.06. The van der Waals surface area contributed by atoms with Crippen molar-refractivity contribution in [2.45, 2.75) is 26.2 Å². The van der Waals surface area contributed by atoms with Gasteiger partial charge >= 0.3 is 0 Å². The Balaban J connectivity index is 2.42. The molecule has 28 heavy (non-hydrogen) atoms. The summed E-state index contributed by atoms with van der Waals surface area (Å²) in [4.78, 5) is 25.9. The molecule has 0 spiro atoms. The number of carbonyl (C=O) groups is 2. The number of amides is 1. The van der Waals surface area contributed by atoms with Crippen molar-refractivity contribution in [3.8, 4) is 6.07 Å². The number of hydrogen-bond acceptors (Lipinski definition) is 6. The second-order valence-corrected chi connectivity index (χ2v) is 8.08. The topological polar surface area (TPSA) is 76.4 Å². The molecular weight excluding hydrogens is 494 g/mol. The van der Waals surface area contributed by atoms with Crippen LogP contribution < -0.4 is 5.32 Å².